The van der Waals surface area contributed by atoms with Crippen LogP contribution < -0.4 is 0 Å². The molecule has 0 aromatic carbocycles. The summed E-state index contributed by atoms with van der Waals surface area (Å²) in [6, 6.07) is 1.16. The summed E-state index contributed by atoms with van der Waals surface area (Å²) in [5.74, 6) is -0.648. The minimum Gasteiger partial charge on any atom is -0.461 e. The summed E-state index contributed by atoms with van der Waals surface area (Å²) in [4.78, 5) is 35.5. The van der Waals surface area contributed by atoms with Crippen LogP contribution in [0.1, 0.15) is 38.2 Å². The molecule has 1 aromatic heterocycles. The van der Waals surface area contributed by atoms with Gasteiger partial charge in [0, 0.05) is 26.2 Å². The van der Waals surface area contributed by atoms with Crippen molar-refractivity contribution in [1.29, 1.82) is 0 Å². The number of nitro groups is 1. The number of amides is 1. The van der Waals surface area contributed by atoms with E-state index in [0.29, 0.717) is 0 Å². The quantitative estimate of drug-likeness (QED) is 0.447. The van der Waals surface area contributed by atoms with Crippen LogP contribution in [0.5, 0.6) is 0 Å². The summed E-state index contributed by atoms with van der Waals surface area (Å²) in [6.07, 6.45) is 0.733. The normalized spacial score (nSPS) is 11.0. The zero-order valence-electron chi connectivity index (χ0n) is 14.6. The third kappa shape index (κ3) is 5.56. The standard InChI is InChI=1S/C15H23N3O6/c1-6-23-13(19)12-9-11(18(21)22)10-17(12)8-7-16(5)14(20)24-15(2,3)4/h9-10H,6-8H2,1-5H3. The second kappa shape index (κ2) is 7.80. The van der Waals surface area contributed by atoms with Crippen LogP contribution in [0.2, 0.25) is 0 Å². The van der Waals surface area contributed by atoms with Crippen molar-refractivity contribution in [3.05, 3.63) is 28.1 Å². The molecule has 1 amide bonds. The van der Waals surface area contributed by atoms with E-state index >= 15 is 0 Å². The lowest BCUT2D eigenvalue weighted by Gasteiger charge is -2.24. The number of carbonyl (C=O) groups is 2. The number of ether oxygens (including phenoxy) is 2. The van der Waals surface area contributed by atoms with E-state index in [4.69, 9.17) is 9.47 Å². The van der Waals surface area contributed by atoms with E-state index in [-0.39, 0.29) is 31.1 Å². The summed E-state index contributed by atoms with van der Waals surface area (Å²) in [6.45, 7) is 7.49. The van der Waals surface area contributed by atoms with Crippen LogP contribution in [0.15, 0.2) is 12.3 Å². The SMILES string of the molecule is CCOC(=O)c1cc([N+](=O)[O-])cn1CCN(C)C(=O)OC(C)(C)C. The molecule has 134 valence electrons. The number of hydrogen-bond acceptors (Lipinski definition) is 6. The molecule has 9 nitrogen and oxygen atoms in total. The first kappa shape index (κ1) is 19.5. The Balaban J connectivity index is 2.84. The zero-order valence-corrected chi connectivity index (χ0v) is 14.6. The van der Waals surface area contributed by atoms with Gasteiger partial charge in [0.2, 0.25) is 0 Å². The van der Waals surface area contributed by atoms with Gasteiger partial charge in [-0.05, 0) is 27.7 Å². The minimum absolute atomic E-state index is 0.0705. The van der Waals surface area contributed by atoms with Crippen LogP contribution in [0.4, 0.5) is 10.5 Å². The van der Waals surface area contributed by atoms with Crippen molar-refractivity contribution in [2.75, 3.05) is 20.2 Å². The van der Waals surface area contributed by atoms with E-state index < -0.39 is 22.6 Å². The van der Waals surface area contributed by atoms with Gasteiger partial charge in [0.15, 0.2) is 0 Å². The monoisotopic (exact) mass is 341 g/mol. The molecule has 0 aliphatic rings. The first-order valence-electron chi connectivity index (χ1n) is 7.51. The lowest BCUT2D eigenvalue weighted by Crippen LogP contribution is -2.36. The van der Waals surface area contributed by atoms with Gasteiger partial charge in [0.05, 0.1) is 17.7 Å². The Morgan fingerprint density at radius 2 is 2.00 bits per heavy atom. The fourth-order valence-electron chi connectivity index (χ4n) is 1.84. The molecule has 0 spiro atoms. The van der Waals surface area contributed by atoms with Gasteiger partial charge in [-0.1, -0.05) is 0 Å². The Labute approximate surface area is 140 Å². The van der Waals surface area contributed by atoms with E-state index in [1.807, 2.05) is 0 Å². The van der Waals surface area contributed by atoms with Gasteiger partial charge in [0.25, 0.3) is 5.69 Å². The first-order chi connectivity index (χ1) is 11.0. The molecule has 0 bridgehead atoms. The van der Waals surface area contributed by atoms with Crippen molar-refractivity contribution in [2.24, 2.45) is 0 Å². The Morgan fingerprint density at radius 1 is 1.38 bits per heavy atom. The predicted molar refractivity (Wildman–Crippen MR) is 85.9 cm³/mol. The van der Waals surface area contributed by atoms with Crippen LogP contribution in [0.3, 0.4) is 0 Å². The van der Waals surface area contributed by atoms with E-state index in [1.54, 1.807) is 34.7 Å². The molecule has 0 saturated carbocycles. The molecule has 1 rings (SSSR count). The van der Waals surface area contributed by atoms with Crippen molar-refractivity contribution < 1.29 is 24.0 Å². The summed E-state index contributed by atoms with van der Waals surface area (Å²) < 4.78 is 11.5. The van der Waals surface area contributed by atoms with Crippen LogP contribution in [-0.2, 0) is 16.0 Å². The van der Waals surface area contributed by atoms with Crippen molar-refractivity contribution in [3.8, 4) is 0 Å². The number of esters is 1. The number of hydrogen-bond donors (Lipinski definition) is 0. The summed E-state index contributed by atoms with van der Waals surface area (Å²) in [5, 5.41) is 10.9. The fourth-order valence-corrected chi connectivity index (χ4v) is 1.84. The maximum absolute atomic E-state index is 11.9. The molecule has 0 radical (unpaired) electrons. The lowest BCUT2D eigenvalue weighted by molar-refractivity contribution is -0.384. The van der Waals surface area contributed by atoms with Crippen molar-refractivity contribution >= 4 is 17.7 Å². The van der Waals surface area contributed by atoms with E-state index in [9.17, 15) is 19.7 Å². The molecule has 1 aromatic rings. The molecule has 0 N–H and O–H groups in total. The van der Waals surface area contributed by atoms with E-state index in [0.717, 1.165) is 6.07 Å². The lowest BCUT2D eigenvalue weighted by atomic mass is 10.2. The second-order valence-corrected chi connectivity index (χ2v) is 6.16. The van der Waals surface area contributed by atoms with Crippen molar-refractivity contribution in [3.63, 3.8) is 0 Å². The van der Waals surface area contributed by atoms with E-state index in [2.05, 4.69) is 0 Å². The van der Waals surface area contributed by atoms with Gasteiger partial charge in [-0.2, -0.15) is 0 Å². The van der Waals surface area contributed by atoms with E-state index in [1.165, 1.54) is 15.7 Å². The number of likely N-dealkylation sites (N-methyl/N-ethyl adjacent to an activating group) is 1. The Morgan fingerprint density at radius 3 is 2.50 bits per heavy atom. The van der Waals surface area contributed by atoms with Gasteiger partial charge in [0.1, 0.15) is 11.3 Å². The summed E-state index contributed by atoms with van der Waals surface area (Å²) >= 11 is 0. The largest absolute Gasteiger partial charge is 0.461 e. The average Bonchev–Trinajstić information content (AvgIpc) is 2.87. The maximum Gasteiger partial charge on any atom is 0.410 e. The van der Waals surface area contributed by atoms with Crippen molar-refractivity contribution in [1.82, 2.24) is 9.47 Å². The molecular weight excluding hydrogens is 318 g/mol. The predicted octanol–water partition coefficient (Wildman–Crippen LogP) is 2.44. The third-order valence-electron chi connectivity index (χ3n) is 2.96. The molecule has 9 heteroatoms. The average molecular weight is 341 g/mol. The maximum atomic E-state index is 11.9. The van der Waals surface area contributed by atoms with Crippen LogP contribution in [0.25, 0.3) is 0 Å². The molecule has 1 heterocycles. The number of rotatable bonds is 6. The highest BCUT2D eigenvalue weighted by Crippen LogP contribution is 2.18. The fraction of sp³-hybridized carbons (Fsp3) is 0.600. The van der Waals surface area contributed by atoms with Gasteiger partial charge in [-0.25, -0.2) is 9.59 Å². The topological polar surface area (TPSA) is 104 Å². The highest BCUT2D eigenvalue weighted by molar-refractivity contribution is 5.88. The molecule has 0 atom stereocenters. The Bertz CT molecular complexity index is 617. The minimum atomic E-state index is -0.648. The molecule has 0 saturated heterocycles. The first-order valence-corrected chi connectivity index (χ1v) is 7.51. The molecular formula is C15H23N3O6. The molecule has 0 aliphatic carbocycles. The zero-order chi connectivity index (χ0) is 18.5. The van der Waals surface area contributed by atoms with Gasteiger partial charge < -0.3 is 18.9 Å². The van der Waals surface area contributed by atoms with Gasteiger partial charge in [-0.15, -0.1) is 0 Å². The molecule has 0 aliphatic heterocycles. The van der Waals surface area contributed by atoms with Crippen LogP contribution in [0, 0.1) is 10.1 Å². The molecule has 0 fully saturated rings. The summed E-state index contributed by atoms with van der Waals surface area (Å²) in [7, 11) is 1.55. The Kier molecular flexibility index (Phi) is 6.33. The summed E-state index contributed by atoms with van der Waals surface area (Å²) in [5.41, 5.74) is -0.757. The Hall–Kier alpha value is -2.58. The number of carbonyl (C=O) groups excluding carboxylic acids is 2. The number of nitrogens with zero attached hydrogens (tertiary/aromatic N) is 3. The van der Waals surface area contributed by atoms with Gasteiger partial charge >= 0.3 is 12.1 Å². The van der Waals surface area contributed by atoms with Crippen LogP contribution >= 0.6 is 0 Å². The second-order valence-electron chi connectivity index (χ2n) is 6.16. The smallest absolute Gasteiger partial charge is 0.410 e. The van der Waals surface area contributed by atoms with Gasteiger partial charge in [-0.3, -0.25) is 10.1 Å². The highest BCUT2D eigenvalue weighted by Gasteiger charge is 2.22. The van der Waals surface area contributed by atoms with Crippen molar-refractivity contribution in [2.45, 2.75) is 39.8 Å². The molecule has 0 unspecified atom stereocenters. The molecule has 24 heavy (non-hydrogen) atoms. The third-order valence-corrected chi connectivity index (χ3v) is 2.96. The highest BCUT2D eigenvalue weighted by atomic mass is 16.6. The number of aromatic nitrogens is 1. The van der Waals surface area contributed by atoms with Crippen LogP contribution in [-0.4, -0.2) is 52.3 Å².